The van der Waals surface area contributed by atoms with Gasteiger partial charge in [-0.2, -0.15) is 4.31 Å². The molecule has 1 aliphatic rings. The van der Waals surface area contributed by atoms with Crippen molar-refractivity contribution in [3.05, 3.63) is 99.6 Å². The fraction of sp³-hybridized carbons (Fsp3) is 0.192. The van der Waals surface area contributed by atoms with Crippen LogP contribution in [-0.2, 0) is 23.1 Å². The lowest BCUT2D eigenvalue weighted by molar-refractivity contribution is 0.171. The van der Waals surface area contributed by atoms with Crippen LogP contribution in [0.2, 0.25) is 0 Å². The molecular weight excluding hydrogens is 471 g/mol. The molecule has 0 unspecified atom stereocenters. The molecule has 1 N–H and O–H groups in total. The van der Waals surface area contributed by atoms with Gasteiger partial charge in [-0.05, 0) is 59.8 Å². The molecule has 0 aliphatic carbocycles. The van der Waals surface area contributed by atoms with E-state index < -0.39 is 15.8 Å². The first kappa shape index (κ1) is 23.1. The molecule has 1 aliphatic heterocycles. The Balaban J connectivity index is 1.56. The summed E-state index contributed by atoms with van der Waals surface area (Å²) in [6.07, 6.45) is 0. The van der Waals surface area contributed by atoms with Crippen LogP contribution in [0.15, 0.2) is 76.4 Å². The third-order valence-electron chi connectivity index (χ3n) is 5.85. The third kappa shape index (κ3) is 4.78. The van der Waals surface area contributed by atoms with Crippen molar-refractivity contribution in [2.45, 2.75) is 24.9 Å². The Morgan fingerprint density at radius 1 is 0.914 bits per heavy atom. The first-order chi connectivity index (χ1) is 16.8. The fourth-order valence-corrected chi connectivity index (χ4v) is 5.44. The Kier molecular flexibility index (Phi) is 6.04. The van der Waals surface area contributed by atoms with Crippen molar-refractivity contribution in [2.75, 3.05) is 13.2 Å². The normalized spacial score (nSPS) is 13.3. The Morgan fingerprint density at radius 3 is 2.43 bits per heavy atom. The van der Waals surface area contributed by atoms with Crippen molar-refractivity contribution in [3.63, 3.8) is 0 Å². The van der Waals surface area contributed by atoms with Crippen LogP contribution in [-0.4, -0.2) is 30.9 Å². The Labute approximate surface area is 201 Å². The second-order valence-corrected chi connectivity index (χ2v) is 10.4. The van der Waals surface area contributed by atoms with Crippen molar-refractivity contribution in [1.29, 1.82) is 0 Å². The lowest BCUT2D eigenvalue weighted by Gasteiger charge is -2.24. The lowest BCUT2D eigenvalue weighted by atomic mass is 10.1. The highest BCUT2D eigenvalue weighted by molar-refractivity contribution is 7.89. The number of halogens is 1. The van der Waals surface area contributed by atoms with Crippen LogP contribution in [0.1, 0.15) is 16.7 Å². The number of rotatable bonds is 6. The van der Waals surface area contributed by atoms with E-state index >= 15 is 0 Å². The van der Waals surface area contributed by atoms with Gasteiger partial charge in [0.2, 0.25) is 10.0 Å². The average molecular weight is 495 g/mol. The highest BCUT2D eigenvalue weighted by atomic mass is 32.2. The van der Waals surface area contributed by atoms with E-state index in [1.54, 1.807) is 12.1 Å². The quantitative estimate of drug-likeness (QED) is 0.435. The van der Waals surface area contributed by atoms with Gasteiger partial charge in [0.15, 0.2) is 11.5 Å². The zero-order valence-electron chi connectivity index (χ0n) is 19.0. The van der Waals surface area contributed by atoms with Gasteiger partial charge in [0.25, 0.3) is 5.56 Å². The third-order valence-corrected chi connectivity index (χ3v) is 7.64. The van der Waals surface area contributed by atoms with Crippen LogP contribution in [0.25, 0.3) is 10.9 Å². The number of ether oxygens (including phenoxy) is 2. The molecule has 0 fully saturated rings. The maximum Gasteiger partial charge on any atom is 0.252 e. The molecule has 5 rings (SSSR count). The first-order valence-corrected chi connectivity index (χ1v) is 12.5. The van der Waals surface area contributed by atoms with Gasteiger partial charge >= 0.3 is 0 Å². The van der Waals surface area contributed by atoms with Gasteiger partial charge in [0.1, 0.15) is 19.0 Å². The summed E-state index contributed by atoms with van der Waals surface area (Å²) >= 11 is 0. The number of hydrogen-bond donors (Lipinski definition) is 1. The summed E-state index contributed by atoms with van der Waals surface area (Å²) in [5.74, 6) is 0.399. The van der Waals surface area contributed by atoms with Crippen LogP contribution < -0.4 is 15.0 Å². The van der Waals surface area contributed by atoms with E-state index in [1.807, 2.05) is 25.1 Å². The SMILES string of the molecule is Cc1ccc2cc(CN(Cc3ccc(F)cc3)S(=O)(=O)c3ccc4c(c3)OCCO4)c(=O)[nH]c2c1. The number of hydrogen-bond acceptors (Lipinski definition) is 5. The van der Waals surface area contributed by atoms with Crippen molar-refractivity contribution in [2.24, 2.45) is 0 Å². The molecule has 0 bridgehead atoms. The number of aromatic nitrogens is 1. The first-order valence-electron chi connectivity index (χ1n) is 11.1. The van der Waals surface area contributed by atoms with Crippen molar-refractivity contribution < 1.29 is 22.3 Å². The van der Waals surface area contributed by atoms with E-state index in [1.165, 1.54) is 40.7 Å². The van der Waals surface area contributed by atoms with E-state index in [4.69, 9.17) is 9.47 Å². The van der Waals surface area contributed by atoms with Gasteiger partial charge < -0.3 is 14.5 Å². The topological polar surface area (TPSA) is 88.7 Å². The molecule has 7 nitrogen and oxygen atoms in total. The van der Waals surface area contributed by atoms with E-state index in [9.17, 15) is 17.6 Å². The van der Waals surface area contributed by atoms with Gasteiger partial charge in [0, 0.05) is 30.2 Å². The van der Waals surface area contributed by atoms with E-state index in [0.29, 0.717) is 41.4 Å². The number of pyridine rings is 1. The van der Waals surface area contributed by atoms with Crippen LogP contribution in [0.3, 0.4) is 0 Å². The molecule has 3 aromatic carbocycles. The summed E-state index contributed by atoms with van der Waals surface area (Å²) in [5, 5.41) is 0.795. The van der Waals surface area contributed by atoms with Gasteiger partial charge in [0.05, 0.1) is 4.90 Å². The summed E-state index contributed by atoms with van der Waals surface area (Å²) in [7, 11) is -4.07. The molecule has 9 heteroatoms. The number of nitrogens with zero attached hydrogens (tertiary/aromatic N) is 1. The molecule has 0 amide bonds. The van der Waals surface area contributed by atoms with Crippen LogP contribution in [0.4, 0.5) is 4.39 Å². The monoisotopic (exact) mass is 494 g/mol. The number of aryl methyl sites for hydroxylation is 1. The molecule has 35 heavy (non-hydrogen) atoms. The number of nitrogens with one attached hydrogen (secondary N) is 1. The number of aromatic amines is 1. The van der Waals surface area contributed by atoms with Crippen molar-refractivity contribution in [1.82, 2.24) is 9.29 Å². The van der Waals surface area contributed by atoms with Crippen molar-refractivity contribution in [3.8, 4) is 11.5 Å². The largest absolute Gasteiger partial charge is 0.486 e. The summed E-state index contributed by atoms with van der Waals surface area (Å²) < 4.78 is 53.2. The second kappa shape index (κ2) is 9.16. The molecular formula is C26H23FN2O5S. The Hall–Kier alpha value is -3.69. The number of benzene rings is 3. The van der Waals surface area contributed by atoms with Gasteiger partial charge in [-0.3, -0.25) is 4.79 Å². The van der Waals surface area contributed by atoms with Gasteiger partial charge in [-0.25, -0.2) is 12.8 Å². The summed E-state index contributed by atoms with van der Waals surface area (Å²) in [6.45, 7) is 2.41. The molecule has 0 spiro atoms. The summed E-state index contributed by atoms with van der Waals surface area (Å²) in [5.41, 5.74) is 2.19. The fourth-order valence-electron chi connectivity index (χ4n) is 4.02. The molecule has 1 aromatic heterocycles. The number of H-pyrrole nitrogens is 1. The van der Waals surface area contributed by atoms with Crippen LogP contribution in [0.5, 0.6) is 11.5 Å². The molecule has 2 heterocycles. The Bertz CT molecular complexity index is 1570. The minimum atomic E-state index is -4.07. The maximum atomic E-state index is 13.8. The minimum Gasteiger partial charge on any atom is -0.486 e. The predicted octanol–water partition coefficient (Wildman–Crippen LogP) is 4.14. The standard InChI is InChI=1S/C26H23FN2O5S/c1-17-2-5-19-13-20(26(30)28-23(19)12-17)16-29(15-18-3-6-21(27)7-4-18)35(31,32)22-8-9-24-25(14-22)34-11-10-33-24/h2-9,12-14H,10-11,15-16H2,1H3,(H,28,30). The number of sulfonamides is 1. The molecule has 0 atom stereocenters. The average Bonchev–Trinajstić information content (AvgIpc) is 2.85. The lowest BCUT2D eigenvalue weighted by Crippen LogP contribution is -2.32. The van der Waals surface area contributed by atoms with Gasteiger partial charge in [-0.15, -0.1) is 0 Å². The summed E-state index contributed by atoms with van der Waals surface area (Å²) in [6, 6.07) is 17.4. The molecule has 0 saturated carbocycles. The predicted molar refractivity (Wildman–Crippen MR) is 130 cm³/mol. The van der Waals surface area contributed by atoms with Crippen molar-refractivity contribution >= 4 is 20.9 Å². The highest BCUT2D eigenvalue weighted by Crippen LogP contribution is 2.33. The Morgan fingerprint density at radius 2 is 1.66 bits per heavy atom. The maximum absolute atomic E-state index is 13.8. The zero-order chi connectivity index (χ0) is 24.6. The summed E-state index contributed by atoms with van der Waals surface area (Å²) in [4.78, 5) is 15.7. The van der Waals surface area contributed by atoms with E-state index in [2.05, 4.69) is 4.98 Å². The highest BCUT2D eigenvalue weighted by Gasteiger charge is 2.28. The van der Waals surface area contributed by atoms with E-state index in [0.717, 1.165) is 10.9 Å². The zero-order valence-corrected chi connectivity index (χ0v) is 19.8. The van der Waals surface area contributed by atoms with E-state index in [-0.39, 0.29) is 23.5 Å². The molecule has 0 saturated heterocycles. The second-order valence-electron chi connectivity index (χ2n) is 8.42. The van der Waals surface area contributed by atoms with Crippen LogP contribution in [0, 0.1) is 12.7 Å². The van der Waals surface area contributed by atoms with Gasteiger partial charge in [-0.1, -0.05) is 24.3 Å². The number of fused-ring (bicyclic) bond motifs is 2. The minimum absolute atomic E-state index is 0.0108. The van der Waals surface area contributed by atoms with Crippen LogP contribution >= 0.6 is 0 Å². The molecule has 0 radical (unpaired) electrons. The molecule has 180 valence electrons. The molecule has 4 aromatic rings. The smallest absolute Gasteiger partial charge is 0.252 e.